The number of cyclic esters (lactones) is 1. The van der Waals surface area contributed by atoms with Crippen molar-refractivity contribution in [1.82, 2.24) is 0 Å². The Morgan fingerprint density at radius 1 is 1.03 bits per heavy atom. The standard InChI is InChI=1S/C29H32O8/c1-4-6-7-8-9-27(37-26(30)5-2)34-23-14-16-24(17-15-23)35-29(32)21-10-12-22(13-11-21)33-19-25-18-20(3)28(31)36-25/h5,10-17,25,27H,2-4,6-9,18-19H2,1H3. The molecule has 0 radical (unpaired) electrons. The minimum Gasteiger partial charge on any atom is -0.490 e. The summed E-state index contributed by atoms with van der Waals surface area (Å²) in [6, 6.07) is 13.0. The largest absolute Gasteiger partial charge is 0.490 e. The Morgan fingerprint density at radius 3 is 2.32 bits per heavy atom. The van der Waals surface area contributed by atoms with E-state index in [-0.39, 0.29) is 12.7 Å². The smallest absolute Gasteiger partial charge is 0.343 e. The van der Waals surface area contributed by atoms with Crippen molar-refractivity contribution in [2.75, 3.05) is 6.61 Å². The highest BCUT2D eigenvalue weighted by atomic mass is 16.7. The van der Waals surface area contributed by atoms with Crippen LogP contribution in [0.5, 0.6) is 17.2 Å². The van der Waals surface area contributed by atoms with E-state index >= 15 is 0 Å². The third-order valence-corrected chi connectivity index (χ3v) is 5.57. The Kier molecular flexibility index (Phi) is 10.3. The molecule has 0 aliphatic carbocycles. The van der Waals surface area contributed by atoms with E-state index in [0.717, 1.165) is 31.8 Å². The van der Waals surface area contributed by atoms with E-state index in [1.807, 2.05) is 0 Å². The molecule has 1 aliphatic heterocycles. The summed E-state index contributed by atoms with van der Waals surface area (Å²) in [5.74, 6) is -0.123. The molecule has 8 heteroatoms. The number of hydrogen-bond acceptors (Lipinski definition) is 8. The van der Waals surface area contributed by atoms with E-state index in [9.17, 15) is 14.4 Å². The van der Waals surface area contributed by atoms with Gasteiger partial charge in [0.05, 0.1) is 5.56 Å². The van der Waals surface area contributed by atoms with E-state index in [2.05, 4.69) is 20.1 Å². The van der Waals surface area contributed by atoms with Gasteiger partial charge in [-0.1, -0.05) is 39.3 Å². The highest BCUT2D eigenvalue weighted by Gasteiger charge is 2.27. The molecule has 0 N–H and O–H groups in total. The highest BCUT2D eigenvalue weighted by Crippen LogP contribution is 2.23. The van der Waals surface area contributed by atoms with Crippen molar-refractivity contribution in [1.29, 1.82) is 0 Å². The van der Waals surface area contributed by atoms with Crippen LogP contribution in [0.1, 0.15) is 55.8 Å². The zero-order chi connectivity index (χ0) is 26.6. The molecule has 3 rings (SSSR count). The Labute approximate surface area is 216 Å². The Hall–Kier alpha value is -4.07. The normalized spacial score (nSPS) is 15.4. The van der Waals surface area contributed by atoms with Crippen LogP contribution in [-0.4, -0.2) is 36.9 Å². The first-order chi connectivity index (χ1) is 17.9. The molecule has 1 heterocycles. The van der Waals surface area contributed by atoms with Gasteiger partial charge >= 0.3 is 17.9 Å². The van der Waals surface area contributed by atoms with Gasteiger partial charge in [-0.05, 0) is 55.0 Å². The second-order valence-electron chi connectivity index (χ2n) is 8.57. The first-order valence-electron chi connectivity index (χ1n) is 12.3. The summed E-state index contributed by atoms with van der Waals surface area (Å²) in [6.07, 6.45) is 5.12. The van der Waals surface area contributed by atoms with Crippen molar-refractivity contribution in [3.63, 3.8) is 0 Å². The number of rotatable bonds is 14. The Morgan fingerprint density at radius 2 is 1.70 bits per heavy atom. The van der Waals surface area contributed by atoms with Crippen LogP contribution in [0.4, 0.5) is 0 Å². The molecule has 0 spiro atoms. The quantitative estimate of drug-likeness (QED) is 0.108. The maximum absolute atomic E-state index is 12.5. The lowest BCUT2D eigenvalue weighted by Crippen LogP contribution is -2.23. The van der Waals surface area contributed by atoms with Crippen molar-refractivity contribution in [3.8, 4) is 17.2 Å². The van der Waals surface area contributed by atoms with Crippen LogP contribution < -0.4 is 14.2 Å². The molecule has 1 fully saturated rings. The van der Waals surface area contributed by atoms with Crippen LogP contribution in [0.15, 0.2) is 73.3 Å². The van der Waals surface area contributed by atoms with Gasteiger partial charge in [0.25, 0.3) is 0 Å². The van der Waals surface area contributed by atoms with Crippen molar-refractivity contribution < 1.29 is 38.1 Å². The average molecular weight is 509 g/mol. The van der Waals surface area contributed by atoms with E-state index in [4.69, 9.17) is 23.7 Å². The summed E-state index contributed by atoms with van der Waals surface area (Å²) in [7, 11) is 0. The molecule has 1 saturated heterocycles. The fourth-order valence-corrected chi connectivity index (χ4v) is 3.57. The molecule has 2 aromatic rings. The number of ether oxygens (including phenoxy) is 5. The van der Waals surface area contributed by atoms with Gasteiger partial charge in [0.2, 0.25) is 6.29 Å². The molecule has 2 atom stereocenters. The van der Waals surface area contributed by atoms with Crippen molar-refractivity contribution >= 4 is 17.9 Å². The van der Waals surface area contributed by atoms with Gasteiger partial charge in [0.1, 0.15) is 30.0 Å². The SMILES string of the molecule is C=CC(=O)OC(CCCCCC)Oc1ccc(OC(=O)c2ccc(OCC3CC(=C)C(=O)O3)cc2)cc1. The summed E-state index contributed by atoms with van der Waals surface area (Å²) in [5.41, 5.74) is 0.779. The van der Waals surface area contributed by atoms with Gasteiger partial charge in [-0.2, -0.15) is 0 Å². The summed E-state index contributed by atoms with van der Waals surface area (Å²) in [4.78, 5) is 35.6. The average Bonchev–Trinajstić information content (AvgIpc) is 3.23. The van der Waals surface area contributed by atoms with E-state index < -0.39 is 24.2 Å². The topological polar surface area (TPSA) is 97.4 Å². The third kappa shape index (κ3) is 8.83. The molecule has 2 aromatic carbocycles. The molecular formula is C29H32O8. The monoisotopic (exact) mass is 508 g/mol. The zero-order valence-electron chi connectivity index (χ0n) is 21.0. The third-order valence-electron chi connectivity index (χ3n) is 5.57. The fourth-order valence-electron chi connectivity index (χ4n) is 3.57. The number of carbonyl (C=O) groups excluding carboxylic acids is 3. The summed E-state index contributed by atoms with van der Waals surface area (Å²) < 4.78 is 27.3. The first kappa shape index (κ1) is 27.5. The van der Waals surface area contributed by atoms with Gasteiger partial charge in [-0.25, -0.2) is 14.4 Å². The molecule has 8 nitrogen and oxygen atoms in total. The minimum atomic E-state index is -0.726. The maximum atomic E-state index is 12.5. The van der Waals surface area contributed by atoms with Gasteiger partial charge in [0, 0.05) is 24.5 Å². The predicted octanol–water partition coefficient (Wildman–Crippen LogP) is 5.56. The molecule has 0 amide bonds. The minimum absolute atomic E-state index is 0.204. The summed E-state index contributed by atoms with van der Waals surface area (Å²) >= 11 is 0. The second kappa shape index (κ2) is 13.9. The molecule has 2 unspecified atom stereocenters. The molecule has 0 saturated carbocycles. The Balaban J connectivity index is 1.50. The van der Waals surface area contributed by atoms with E-state index in [1.54, 1.807) is 48.5 Å². The van der Waals surface area contributed by atoms with E-state index in [1.165, 1.54) is 0 Å². The number of esters is 3. The van der Waals surface area contributed by atoms with Crippen molar-refractivity contribution in [2.24, 2.45) is 0 Å². The predicted molar refractivity (Wildman–Crippen MR) is 136 cm³/mol. The van der Waals surface area contributed by atoms with Crippen LogP contribution in [0.25, 0.3) is 0 Å². The van der Waals surface area contributed by atoms with Crippen LogP contribution in [-0.2, 0) is 19.1 Å². The number of hydrogen-bond donors (Lipinski definition) is 0. The zero-order valence-corrected chi connectivity index (χ0v) is 21.0. The lowest BCUT2D eigenvalue weighted by molar-refractivity contribution is -0.158. The van der Waals surface area contributed by atoms with Crippen LogP contribution in [0.2, 0.25) is 0 Å². The highest BCUT2D eigenvalue weighted by molar-refractivity contribution is 5.91. The Bertz CT molecular complexity index is 1070. The number of benzene rings is 2. The van der Waals surface area contributed by atoms with Gasteiger partial charge < -0.3 is 23.7 Å². The van der Waals surface area contributed by atoms with Crippen molar-refractivity contribution in [3.05, 3.63) is 78.9 Å². The molecular weight excluding hydrogens is 476 g/mol. The molecule has 0 aromatic heterocycles. The molecule has 37 heavy (non-hydrogen) atoms. The number of unbranched alkanes of at least 4 members (excludes halogenated alkanes) is 3. The van der Waals surface area contributed by atoms with Crippen LogP contribution in [0, 0.1) is 0 Å². The summed E-state index contributed by atoms with van der Waals surface area (Å²) in [6.45, 7) is 9.40. The molecule has 0 bridgehead atoms. The molecule has 196 valence electrons. The lowest BCUT2D eigenvalue weighted by atomic mass is 10.1. The van der Waals surface area contributed by atoms with E-state index in [0.29, 0.717) is 41.2 Å². The van der Waals surface area contributed by atoms with Gasteiger partial charge in [-0.3, -0.25) is 0 Å². The molecule has 1 aliphatic rings. The van der Waals surface area contributed by atoms with Gasteiger partial charge in [0.15, 0.2) is 0 Å². The van der Waals surface area contributed by atoms with Crippen LogP contribution in [0.3, 0.4) is 0 Å². The van der Waals surface area contributed by atoms with Crippen LogP contribution >= 0.6 is 0 Å². The van der Waals surface area contributed by atoms with Crippen molar-refractivity contribution in [2.45, 2.75) is 57.8 Å². The summed E-state index contributed by atoms with van der Waals surface area (Å²) in [5, 5.41) is 0. The van der Waals surface area contributed by atoms with Gasteiger partial charge in [-0.15, -0.1) is 0 Å². The maximum Gasteiger partial charge on any atom is 0.343 e. The first-order valence-corrected chi connectivity index (χ1v) is 12.3. The fraction of sp³-hybridized carbons (Fsp3) is 0.345. The number of carbonyl (C=O) groups is 3. The lowest BCUT2D eigenvalue weighted by Gasteiger charge is -2.19. The second-order valence-corrected chi connectivity index (χ2v) is 8.57.